The molecule has 1 aliphatic rings. The van der Waals surface area contributed by atoms with Crippen LogP contribution in [0.5, 0.6) is 0 Å². The summed E-state index contributed by atoms with van der Waals surface area (Å²) < 4.78 is 39.4. The second-order valence-electron chi connectivity index (χ2n) is 5.76. The normalized spacial score (nSPS) is 18.2. The molecule has 0 saturated heterocycles. The summed E-state index contributed by atoms with van der Waals surface area (Å²) in [7, 11) is 0. The van der Waals surface area contributed by atoms with E-state index in [1.54, 1.807) is 29.2 Å². The minimum Gasteiger partial charge on any atom is -0.284 e. The van der Waals surface area contributed by atoms with E-state index in [9.17, 15) is 13.2 Å². The molecule has 1 heterocycles. The maximum absolute atomic E-state index is 13.1. The van der Waals surface area contributed by atoms with Crippen LogP contribution < -0.4 is 0 Å². The van der Waals surface area contributed by atoms with Gasteiger partial charge in [-0.1, -0.05) is 48.5 Å². The molecule has 24 heavy (non-hydrogen) atoms. The van der Waals surface area contributed by atoms with Gasteiger partial charge in [-0.15, -0.1) is 0 Å². The molecule has 1 atom stereocenters. The summed E-state index contributed by atoms with van der Waals surface area (Å²) in [4.78, 5) is 1.79. The van der Waals surface area contributed by atoms with E-state index < -0.39 is 17.8 Å². The van der Waals surface area contributed by atoms with E-state index in [4.69, 9.17) is 5.26 Å². The van der Waals surface area contributed by atoms with Gasteiger partial charge in [-0.3, -0.25) is 4.90 Å². The molecular weight excluding hydrogens is 313 g/mol. The van der Waals surface area contributed by atoms with Gasteiger partial charge in [0.05, 0.1) is 17.7 Å². The Morgan fingerprint density at radius 3 is 2.29 bits per heavy atom. The highest BCUT2D eigenvalue weighted by Gasteiger charge is 2.40. The highest BCUT2D eigenvalue weighted by atomic mass is 19.4. The van der Waals surface area contributed by atoms with Crippen LogP contribution >= 0.6 is 0 Å². The largest absolute Gasteiger partial charge is 0.413 e. The van der Waals surface area contributed by atoms with Crippen molar-refractivity contribution in [1.29, 1.82) is 5.26 Å². The molecule has 0 fully saturated rings. The number of hydrogen-bond acceptors (Lipinski definition) is 2. The van der Waals surface area contributed by atoms with Crippen molar-refractivity contribution in [1.82, 2.24) is 4.90 Å². The van der Waals surface area contributed by atoms with Crippen molar-refractivity contribution >= 4 is 0 Å². The number of benzene rings is 2. The van der Waals surface area contributed by atoms with E-state index in [2.05, 4.69) is 0 Å². The number of hydrogen-bond donors (Lipinski definition) is 0. The predicted molar refractivity (Wildman–Crippen MR) is 84.9 cm³/mol. The predicted octanol–water partition coefficient (Wildman–Crippen LogP) is 4.60. The highest BCUT2D eigenvalue weighted by molar-refractivity contribution is 5.37. The summed E-state index contributed by atoms with van der Waals surface area (Å²) in [5.74, 6) is 0. The van der Waals surface area contributed by atoms with E-state index in [1.165, 1.54) is 6.08 Å². The smallest absolute Gasteiger partial charge is 0.284 e. The lowest BCUT2D eigenvalue weighted by molar-refractivity contribution is -0.0937. The Balaban J connectivity index is 1.90. The molecule has 2 nitrogen and oxygen atoms in total. The topological polar surface area (TPSA) is 27.0 Å². The van der Waals surface area contributed by atoms with Gasteiger partial charge in [-0.05, 0) is 23.3 Å². The van der Waals surface area contributed by atoms with Gasteiger partial charge < -0.3 is 0 Å². The molecule has 0 bridgehead atoms. The molecule has 0 aliphatic carbocycles. The van der Waals surface area contributed by atoms with Gasteiger partial charge in [0.2, 0.25) is 0 Å². The van der Waals surface area contributed by atoms with E-state index in [0.717, 1.165) is 11.1 Å². The second kappa shape index (κ2) is 6.50. The van der Waals surface area contributed by atoms with Crippen molar-refractivity contribution in [3.8, 4) is 6.07 Å². The van der Waals surface area contributed by atoms with Crippen LogP contribution in [-0.2, 0) is 6.54 Å². The lowest BCUT2D eigenvalue weighted by Crippen LogP contribution is -2.26. The summed E-state index contributed by atoms with van der Waals surface area (Å²) in [6.45, 7) is 0.296. The van der Waals surface area contributed by atoms with E-state index >= 15 is 0 Å². The van der Waals surface area contributed by atoms with Crippen molar-refractivity contribution in [3.63, 3.8) is 0 Å². The van der Waals surface area contributed by atoms with Gasteiger partial charge in [0.1, 0.15) is 0 Å². The van der Waals surface area contributed by atoms with Crippen LogP contribution in [0.2, 0.25) is 0 Å². The third-order valence-electron chi connectivity index (χ3n) is 4.10. The zero-order valence-electron chi connectivity index (χ0n) is 12.8. The first-order chi connectivity index (χ1) is 11.5. The molecule has 0 aromatic heterocycles. The fraction of sp³-hybridized carbons (Fsp3) is 0.211. The first-order valence-corrected chi connectivity index (χ1v) is 7.53. The van der Waals surface area contributed by atoms with Crippen LogP contribution in [-0.4, -0.2) is 17.6 Å². The highest BCUT2D eigenvalue weighted by Crippen LogP contribution is 2.38. The average Bonchev–Trinajstić information content (AvgIpc) is 3.00. The van der Waals surface area contributed by atoms with E-state index in [-0.39, 0.29) is 6.54 Å². The molecule has 0 N–H and O–H groups in total. The zero-order chi connectivity index (χ0) is 17.2. The summed E-state index contributed by atoms with van der Waals surface area (Å²) in [5, 5.41) is 8.87. The second-order valence-corrected chi connectivity index (χ2v) is 5.76. The molecule has 2 aromatic carbocycles. The van der Waals surface area contributed by atoms with Gasteiger partial charge in [0.15, 0.2) is 0 Å². The summed E-state index contributed by atoms with van der Waals surface area (Å²) >= 11 is 0. The number of halogens is 3. The van der Waals surface area contributed by atoms with Gasteiger partial charge in [0.25, 0.3) is 0 Å². The molecule has 1 unspecified atom stereocenters. The monoisotopic (exact) mass is 328 g/mol. The fourth-order valence-electron chi connectivity index (χ4n) is 2.88. The van der Waals surface area contributed by atoms with Crippen LogP contribution in [0, 0.1) is 11.3 Å². The van der Waals surface area contributed by atoms with Crippen LogP contribution in [0.4, 0.5) is 13.2 Å². The van der Waals surface area contributed by atoms with E-state index in [0.29, 0.717) is 12.1 Å². The molecule has 122 valence electrons. The lowest BCUT2D eigenvalue weighted by atomic mass is 10.0. The molecule has 0 amide bonds. The zero-order valence-corrected chi connectivity index (χ0v) is 12.8. The van der Waals surface area contributed by atoms with Gasteiger partial charge in [-0.2, -0.15) is 18.4 Å². The Morgan fingerprint density at radius 2 is 1.71 bits per heavy atom. The van der Waals surface area contributed by atoms with Crippen LogP contribution in [0.15, 0.2) is 66.2 Å². The maximum atomic E-state index is 13.1. The van der Waals surface area contributed by atoms with Crippen LogP contribution in [0.25, 0.3) is 0 Å². The first kappa shape index (κ1) is 16.3. The molecule has 3 rings (SSSR count). The minimum absolute atomic E-state index is 0.136. The third kappa shape index (κ3) is 3.50. The van der Waals surface area contributed by atoms with Crippen molar-refractivity contribution in [2.24, 2.45) is 0 Å². The number of nitriles is 1. The number of nitrogens with zero attached hydrogens (tertiary/aromatic N) is 2. The Morgan fingerprint density at radius 1 is 1.04 bits per heavy atom. The Kier molecular flexibility index (Phi) is 4.41. The first-order valence-electron chi connectivity index (χ1n) is 7.53. The minimum atomic E-state index is -4.32. The van der Waals surface area contributed by atoms with Crippen LogP contribution in [0.1, 0.15) is 22.7 Å². The molecule has 5 heteroatoms. The molecule has 0 radical (unpaired) electrons. The summed E-state index contributed by atoms with van der Waals surface area (Å²) in [6, 6.07) is 17.7. The fourth-order valence-corrected chi connectivity index (χ4v) is 2.88. The van der Waals surface area contributed by atoms with Crippen molar-refractivity contribution in [3.05, 3.63) is 82.9 Å². The lowest BCUT2D eigenvalue weighted by Gasteiger charge is -2.25. The van der Waals surface area contributed by atoms with Crippen molar-refractivity contribution in [2.45, 2.75) is 18.8 Å². The molecule has 0 spiro atoms. The van der Waals surface area contributed by atoms with Gasteiger partial charge >= 0.3 is 6.18 Å². The number of rotatable bonds is 3. The average molecular weight is 328 g/mol. The Hall–Kier alpha value is -2.58. The maximum Gasteiger partial charge on any atom is 0.413 e. The quantitative estimate of drug-likeness (QED) is 0.770. The summed E-state index contributed by atoms with van der Waals surface area (Å²) in [6.07, 6.45) is -3.04. The van der Waals surface area contributed by atoms with Gasteiger partial charge in [-0.25, -0.2) is 0 Å². The Labute approximate surface area is 138 Å². The third-order valence-corrected chi connectivity index (χ3v) is 4.10. The summed E-state index contributed by atoms with van der Waals surface area (Å²) in [5.41, 5.74) is 1.69. The molecule has 1 aliphatic heterocycles. The van der Waals surface area contributed by atoms with Crippen molar-refractivity contribution in [2.75, 3.05) is 6.54 Å². The number of alkyl halides is 3. The van der Waals surface area contributed by atoms with E-state index in [1.807, 2.05) is 36.4 Å². The SMILES string of the molecule is N#Cc1ccc(C2C=C(C(F)(F)F)CN2Cc2ccccc2)cc1. The van der Waals surface area contributed by atoms with Crippen molar-refractivity contribution < 1.29 is 13.2 Å². The van der Waals surface area contributed by atoms with Crippen LogP contribution in [0.3, 0.4) is 0 Å². The molecule has 2 aromatic rings. The molecule has 0 saturated carbocycles. The van der Waals surface area contributed by atoms with Gasteiger partial charge in [0, 0.05) is 18.7 Å². The molecular formula is C19H15F3N2. The standard InChI is InChI=1S/C19H15F3N2/c20-19(21,22)17-10-18(16-8-6-14(11-23)7-9-16)24(13-17)12-15-4-2-1-3-5-15/h1-10,18H,12-13H2. The Bertz CT molecular complexity index is 771.